The molecule has 0 spiro atoms. The monoisotopic (exact) mass is 242 g/mol. The van der Waals surface area contributed by atoms with E-state index >= 15 is 0 Å². The Kier molecular flexibility index (Phi) is 5.95. The quantitative estimate of drug-likeness (QED) is 0.796. The number of aromatic nitrogens is 1. The van der Waals surface area contributed by atoms with Gasteiger partial charge in [0, 0.05) is 23.7 Å². The highest BCUT2D eigenvalue weighted by molar-refractivity contribution is 7.11. The van der Waals surface area contributed by atoms with E-state index in [0.29, 0.717) is 6.04 Å². The van der Waals surface area contributed by atoms with Crippen LogP contribution >= 0.6 is 11.3 Å². The van der Waals surface area contributed by atoms with E-state index in [2.05, 4.69) is 24.1 Å². The summed E-state index contributed by atoms with van der Waals surface area (Å²) in [6, 6.07) is 0.371. The summed E-state index contributed by atoms with van der Waals surface area (Å²) in [5.74, 6) is 0. The van der Waals surface area contributed by atoms with Crippen molar-refractivity contribution in [3.05, 3.63) is 16.1 Å². The van der Waals surface area contributed by atoms with Gasteiger partial charge in [-0.05, 0) is 27.3 Å². The average molecular weight is 242 g/mol. The Morgan fingerprint density at radius 3 is 2.81 bits per heavy atom. The summed E-state index contributed by atoms with van der Waals surface area (Å²) in [6.07, 6.45) is 4.32. The molecular weight excluding hydrogens is 220 g/mol. The number of rotatable bonds is 7. The molecule has 2 unspecified atom stereocenters. The van der Waals surface area contributed by atoms with Crippen LogP contribution in [0.3, 0.4) is 0 Å². The summed E-state index contributed by atoms with van der Waals surface area (Å²) in [7, 11) is 1.97. The molecule has 1 rings (SSSR count). The Bertz CT molecular complexity index is 295. The number of nitrogens with one attached hydrogen (secondary N) is 1. The molecule has 16 heavy (non-hydrogen) atoms. The lowest BCUT2D eigenvalue weighted by Crippen LogP contribution is -2.10. The van der Waals surface area contributed by atoms with E-state index in [4.69, 9.17) is 4.74 Å². The smallest absolute Gasteiger partial charge is 0.122 e. The van der Waals surface area contributed by atoms with Crippen LogP contribution < -0.4 is 5.32 Å². The van der Waals surface area contributed by atoms with Crippen molar-refractivity contribution in [3.8, 4) is 0 Å². The number of nitrogens with zero attached hydrogens (tertiary/aromatic N) is 1. The molecule has 0 saturated heterocycles. The molecule has 0 aliphatic carbocycles. The van der Waals surface area contributed by atoms with E-state index in [9.17, 15) is 0 Å². The summed E-state index contributed by atoms with van der Waals surface area (Å²) in [6.45, 7) is 7.11. The fraction of sp³-hybridized carbons (Fsp3) is 0.750. The standard InChI is InChI=1S/C12H22N2OS/c1-5-7-10(15-6-2)12-14-8-11(16-12)9(3)13-4/h8-10,13H,5-7H2,1-4H3. The van der Waals surface area contributed by atoms with Gasteiger partial charge in [-0.25, -0.2) is 4.98 Å². The predicted octanol–water partition coefficient (Wildman–Crippen LogP) is 3.30. The van der Waals surface area contributed by atoms with Crippen molar-refractivity contribution < 1.29 is 4.74 Å². The van der Waals surface area contributed by atoms with Crippen LogP contribution in [0.15, 0.2) is 6.20 Å². The maximum Gasteiger partial charge on any atom is 0.122 e. The fourth-order valence-corrected chi connectivity index (χ4v) is 2.60. The van der Waals surface area contributed by atoms with Crippen LogP contribution in [0.2, 0.25) is 0 Å². The van der Waals surface area contributed by atoms with Crippen molar-refractivity contribution >= 4 is 11.3 Å². The molecule has 0 aliphatic heterocycles. The first-order chi connectivity index (χ1) is 7.72. The van der Waals surface area contributed by atoms with Crippen molar-refractivity contribution in [1.82, 2.24) is 10.3 Å². The first-order valence-electron chi connectivity index (χ1n) is 5.97. The Labute approximate surface area is 102 Å². The van der Waals surface area contributed by atoms with Crippen LogP contribution in [0.5, 0.6) is 0 Å². The molecule has 1 aromatic rings. The second-order valence-corrected chi connectivity index (χ2v) is 4.94. The minimum Gasteiger partial charge on any atom is -0.371 e. The molecule has 0 fully saturated rings. The molecule has 1 aromatic heterocycles. The summed E-state index contributed by atoms with van der Waals surface area (Å²) < 4.78 is 5.72. The summed E-state index contributed by atoms with van der Waals surface area (Å²) in [5.41, 5.74) is 0. The normalized spacial score (nSPS) is 15.0. The van der Waals surface area contributed by atoms with Gasteiger partial charge >= 0.3 is 0 Å². The Morgan fingerprint density at radius 2 is 2.25 bits per heavy atom. The highest BCUT2D eigenvalue weighted by Crippen LogP contribution is 2.29. The minimum absolute atomic E-state index is 0.179. The lowest BCUT2D eigenvalue weighted by atomic mass is 10.2. The van der Waals surface area contributed by atoms with Gasteiger partial charge in [-0.3, -0.25) is 0 Å². The molecule has 2 atom stereocenters. The van der Waals surface area contributed by atoms with Gasteiger partial charge in [-0.2, -0.15) is 0 Å². The summed E-state index contributed by atoms with van der Waals surface area (Å²) in [5, 5.41) is 4.34. The Hall–Kier alpha value is -0.450. The zero-order chi connectivity index (χ0) is 12.0. The van der Waals surface area contributed by atoms with Crippen molar-refractivity contribution in [2.75, 3.05) is 13.7 Å². The minimum atomic E-state index is 0.179. The number of ether oxygens (including phenoxy) is 1. The summed E-state index contributed by atoms with van der Waals surface area (Å²) >= 11 is 1.75. The maximum atomic E-state index is 5.72. The Morgan fingerprint density at radius 1 is 1.50 bits per heavy atom. The second kappa shape index (κ2) is 6.99. The van der Waals surface area contributed by atoms with Crippen molar-refractivity contribution in [2.45, 2.75) is 45.8 Å². The van der Waals surface area contributed by atoms with E-state index in [0.717, 1.165) is 24.5 Å². The molecule has 0 amide bonds. The molecule has 0 aromatic carbocycles. The van der Waals surface area contributed by atoms with E-state index in [1.54, 1.807) is 11.3 Å². The average Bonchev–Trinajstić information content (AvgIpc) is 2.77. The number of hydrogen-bond acceptors (Lipinski definition) is 4. The molecule has 0 saturated carbocycles. The van der Waals surface area contributed by atoms with Crippen molar-refractivity contribution in [1.29, 1.82) is 0 Å². The van der Waals surface area contributed by atoms with Gasteiger partial charge in [0.2, 0.25) is 0 Å². The van der Waals surface area contributed by atoms with Gasteiger partial charge in [0.25, 0.3) is 0 Å². The van der Waals surface area contributed by atoms with Crippen LogP contribution in [-0.4, -0.2) is 18.6 Å². The lowest BCUT2D eigenvalue weighted by Gasteiger charge is -2.13. The van der Waals surface area contributed by atoms with Gasteiger partial charge < -0.3 is 10.1 Å². The third kappa shape index (κ3) is 3.54. The number of thiazole rings is 1. The van der Waals surface area contributed by atoms with E-state index in [1.165, 1.54) is 4.88 Å². The van der Waals surface area contributed by atoms with Gasteiger partial charge in [-0.15, -0.1) is 11.3 Å². The zero-order valence-corrected chi connectivity index (χ0v) is 11.4. The summed E-state index contributed by atoms with van der Waals surface area (Å²) in [4.78, 5) is 5.75. The second-order valence-electron chi connectivity index (χ2n) is 3.84. The predicted molar refractivity (Wildman–Crippen MR) is 68.9 cm³/mol. The lowest BCUT2D eigenvalue weighted by molar-refractivity contribution is 0.0555. The maximum absolute atomic E-state index is 5.72. The van der Waals surface area contributed by atoms with Gasteiger partial charge in [0.05, 0.1) is 0 Å². The molecule has 1 N–H and O–H groups in total. The molecular formula is C12H22N2OS. The molecule has 0 radical (unpaired) electrons. The third-order valence-electron chi connectivity index (χ3n) is 2.60. The first-order valence-corrected chi connectivity index (χ1v) is 6.79. The van der Waals surface area contributed by atoms with E-state index < -0.39 is 0 Å². The van der Waals surface area contributed by atoms with Crippen LogP contribution in [0.25, 0.3) is 0 Å². The van der Waals surface area contributed by atoms with Gasteiger partial charge in [0.1, 0.15) is 11.1 Å². The van der Waals surface area contributed by atoms with Gasteiger partial charge in [0.15, 0.2) is 0 Å². The molecule has 0 bridgehead atoms. The highest BCUT2D eigenvalue weighted by Gasteiger charge is 2.16. The van der Waals surface area contributed by atoms with Crippen LogP contribution in [-0.2, 0) is 4.74 Å². The third-order valence-corrected chi connectivity index (χ3v) is 3.87. The van der Waals surface area contributed by atoms with Crippen LogP contribution in [0.4, 0.5) is 0 Å². The van der Waals surface area contributed by atoms with Gasteiger partial charge in [-0.1, -0.05) is 13.3 Å². The zero-order valence-electron chi connectivity index (χ0n) is 10.6. The highest BCUT2D eigenvalue weighted by atomic mass is 32.1. The van der Waals surface area contributed by atoms with Crippen molar-refractivity contribution in [2.24, 2.45) is 0 Å². The fourth-order valence-electron chi connectivity index (χ4n) is 1.53. The van der Waals surface area contributed by atoms with E-state index in [-0.39, 0.29) is 6.10 Å². The largest absolute Gasteiger partial charge is 0.371 e. The molecule has 92 valence electrons. The SMILES string of the molecule is CCCC(OCC)c1ncc(C(C)NC)s1. The Balaban J connectivity index is 2.72. The van der Waals surface area contributed by atoms with E-state index in [1.807, 2.05) is 20.2 Å². The molecule has 0 aliphatic rings. The van der Waals surface area contributed by atoms with Crippen molar-refractivity contribution in [3.63, 3.8) is 0 Å². The van der Waals surface area contributed by atoms with Crippen LogP contribution in [0, 0.1) is 0 Å². The molecule has 4 heteroatoms. The first kappa shape index (κ1) is 13.6. The molecule has 3 nitrogen and oxygen atoms in total. The molecule has 1 heterocycles. The van der Waals surface area contributed by atoms with Crippen LogP contribution in [0.1, 0.15) is 55.6 Å². The number of hydrogen-bond donors (Lipinski definition) is 1. The topological polar surface area (TPSA) is 34.1 Å².